The Labute approximate surface area is 274 Å². The molecule has 1 aliphatic carbocycles. The summed E-state index contributed by atoms with van der Waals surface area (Å²) in [5, 5.41) is 3.76. The van der Waals surface area contributed by atoms with Crippen molar-refractivity contribution in [2.75, 3.05) is 20.8 Å². The molecule has 2 spiro atoms. The lowest BCUT2D eigenvalue weighted by Crippen LogP contribution is -2.67. The van der Waals surface area contributed by atoms with Gasteiger partial charge < -0.3 is 19.1 Å². The summed E-state index contributed by atoms with van der Waals surface area (Å²) in [5.74, 6) is -0.648. The maximum absolute atomic E-state index is 14.4. The molecule has 1 saturated carbocycles. The van der Waals surface area contributed by atoms with E-state index in [2.05, 4.69) is 13.8 Å². The van der Waals surface area contributed by atoms with Gasteiger partial charge in [-0.3, -0.25) is 9.59 Å². The maximum atomic E-state index is 14.4. The third kappa shape index (κ3) is 5.44. The molecular formula is C34H56N4O8. The zero-order valence-electron chi connectivity index (χ0n) is 30.3. The number of carbonyl (C=O) groups is 4. The minimum absolute atomic E-state index is 0.131. The smallest absolute Gasteiger partial charge is 0.417 e. The van der Waals surface area contributed by atoms with E-state index < -0.39 is 57.0 Å². The van der Waals surface area contributed by atoms with Gasteiger partial charge >= 0.3 is 12.2 Å². The van der Waals surface area contributed by atoms with Crippen LogP contribution >= 0.6 is 0 Å². The Hall–Kier alpha value is -2.28. The summed E-state index contributed by atoms with van der Waals surface area (Å²) < 4.78 is 12.1. The molecule has 0 aromatic heterocycles. The van der Waals surface area contributed by atoms with Crippen molar-refractivity contribution >= 4 is 24.0 Å². The Morgan fingerprint density at radius 1 is 0.609 bits per heavy atom. The summed E-state index contributed by atoms with van der Waals surface area (Å²) in [4.78, 5) is 69.8. The van der Waals surface area contributed by atoms with E-state index in [0.29, 0.717) is 44.9 Å². The Morgan fingerprint density at radius 3 is 1.46 bits per heavy atom. The van der Waals surface area contributed by atoms with Crippen molar-refractivity contribution in [1.82, 2.24) is 19.9 Å². The standard InChI is InChI=1S/C34H56N4O8/c1-27(2)14-22(36-24(40)34(46-26(36)42)19-30(7,8)38(44-13)31(9,10)20-34)15-32(11,16-27)21-35-23(39)33(45-25(35)41)17-28(3,4)37(43-12)29(5,6)18-33/h22H,14-21H2,1-13H3. The third-order valence-corrected chi connectivity index (χ3v) is 11.0. The zero-order chi connectivity index (χ0) is 34.7. The molecule has 260 valence electrons. The van der Waals surface area contributed by atoms with E-state index in [1.807, 2.05) is 72.4 Å². The molecule has 4 amide bonds. The summed E-state index contributed by atoms with van der Waals surface area (Å²) in [7, 11) is 3.24. The predicted octanol–water partition coefficient (Wildman–Crippen LogP) is 5.44. The Kier molecular flexibility index (Phi) is 7.89. The van der Waals surface area contributed by atoms with E-state index in [0.717, 1.165) is 0 Å². The van der Waals surface area contributed by atoms with Crippen LogP contribution in [0.25, 0.3) is 0 Å². The molecule has 12 nitrogen and oxygen atoms in total. The van der Waals surface area contributed by atoms with Crippen molar-refractivity contribution in [1.29, 1.82) is 0 Å². The topological polar surface area (TPSA) is 118 Å². The summed E-state index contributed by atoms with van der Waals surface area (Å²) in [6.07, 6.45) is 1.64. The van der Waals surface area contributed by atoms with E-state index in [1.165, 1.54) is 9.80 Å². The van der Waals surface area contributed by atoms with Gasteiger partial charge in [-0.1, -0.05) is 20.8 Å². The van der Waals surface area contributed by atoms with Gasteiger partial charge in [0.25, 0.3) is 11.8 Å². The highest BCUT2D eigenvalue weighted by atomic mass is 16.7. The van der Waals surface area contributed by atoms with Crippen LogP contribution in [0, 0.1) is 10.8 Å². The average Bonchev–Trinajstić information content (AvgIpc) is 3.17. The summed E-state index contributed by atoms with van der Waals surface area (Å²) in [6.45, 7) is 22.3. The van der Waals surface area contributed by atoms with Gasteiger partial charge in [0, 0.05) is 60.4 Å². The Morgan fingerprint density at radius 2 is 1.02 bits per heavy atom. The lowest BCUT2D eigenvalue weighted by molar-refractivity contribution is -0.285. The van der Waals surface area contributed by atoms with Gasteiger partial charge in [-0.05, 0) is 85.5 Å². The van der Waals surface area contributed by atoms with E-state index in [9.17, 15) is 19.2 Å². The number of hydroxylamine groups is 4. The van der Waals surface area contributed by atoms with Gasteiger partial charge in [-0.2, -0.15) is 10.1 Å². The van der Waals surface area contributed by atoms with Gasteiger partial charge in [-0.25, -0.2) is 19.4 Å². The van der Waals surface area contributed by atoms with Crippen LogP contribution in [-0.2, 0) is 28.7 Å². The molecular weight excluding hydrogens is 592 g/mol. The first-order valence-corrected chi connectivity index (χ1v) is 16.6. The number of nitrogens with zero attached hydrogens (tertiary/aromatic N) is 4. The van der Waals surface area contributed by atoms with E-state index in [1.54, 1.807) is 14.2 Å². The summed E-state index contributed by atoms with van der Waals surface area (Å²) >= 11 is 0. The molecule has 2 unspecified atom stereocenters. The first-order valence-electron chi connectivity index (χ1n) is 16.6. The number of piperidine rings is 2. The number of rotatable bonds is 5. The van der Waals surface area contributed by atoms with Crippen LogP contribution in [0.1, 0.15) is 121 Å². The van der Waals surface area contributed by atoms with Gasteiger partial charge in [0.15, 0.2) is 11.2 Å². The predicted molar refractivity (Wildman–Crippen MR) is 169 cm³/mol. The Bertz CT molecular complexity index is 1290. The van der Waals surface area contributed by atoms with Crippen LogP contribution in [0.4, 0.5) is 9.59 Å². The van der Waals surface area contributed by atoms with Gasteiger partial charge in [0.1, 0.15) is 0 Å². The molecule has 2 atom stereocenters. The summed E-state index contributed by atoms with van der Waals surface area (Å²) in [5.41, 5.74) is -5.75. The van der Waals surface area contributed by atoms with Crippen LogP contribution in [0.3, 0.4) is 0 Å². The number of ether oxygens (including phenoxy) is 2. The molecule has 0 N–H and O–H groups in total. The van der Waals surface area contributed by atoms with E-state index in [-0.39, 0.29) is 23.8 Å². The second kappa shape index (κ2) is 10.4. The van der Waals surface area contributed by atoms with Crippen molar-refractivity contribution in [3.63, 3.8) is 0 Å². The highest BCUT2D eigenvalue weighted by molar-refractivity contribution is 6.04. The lowest BCUT2D eigenvalue weighted by Gasteiger charge is -2.55. The number of amides is 4. The molecule has 5 fully saturated rings. The first kappa shape index (κ1) is 35.0. The minimum Gasteiger partial charge on any atom is -0.432 e. The third-order valence-electron chi connectivity index (χ3n) is 11.0. The normalized spacial score (nSPS) is 34.3. The first-order chi connectivity index (χ1) is 20.8. The number of imide groups is 2. The number of carbonyl (C=O) groups excluding carboxylic acids is 4. The molecule has 0 bridgehead atoms. The number of hydrogen-bond donors (Lipinski definition) is 0. The molecule has 0 aromatic carbocycles. The second-order valence-corrected chi connectivity index (χ2v) is 18.4. The SMILES string of the molecule is CON1C(C)(C)CC2(CC1(C)C)OC(=O)N(CC1(C)CC(N3C(=O)OC4(CC(C)(C)N(OC)C(C)(C)C4)C3=O)CC(C)(C)C1)C2=O. The van der Waals surface area contributed by atoms with Crippen LogP contribution in [0.2, 0.25) is 0 Å². The molecule has 12 heteroatoms. The maximum Gasteiger partial charge on any atom is 0.417 e. The highest BCUT2D eigenvalue weighted by Crippen LogP contribution is 2.54. The average molecular weight is 649 g/mol. The van der Waals surface area contributed by atoms with Crippen LogP contribution < -0.4 is 0 Å². The molecule has 5 aliphatic rings. The van der Waals surface area contributed by atoms with Crippen LogP contribution in [0.15, 0.2) is 0 Å². The van der Waals surface area contributed by atoms with Crippen molar-refractivity contribution in [3.8, 4) is 0 Å². The molecule has 5 rings (SSSR count). The fraction of sp³-hybridized carbons (Fsp3) is 0.882. The molecule has 0 aromatic rings. The van der Waals surface area contributed by atoms with Crippen molar-refractivity contribution in [3.05, 3.63) is 0 Å². The van der Waals surface area contributed by atoms with Crippen molar-refractivity contribution < 1.29 is 38.3 Å². The van der Waals surface area contributed by atoms with E-state index >= 15 is 0 Å². The summed E-state index contributed by atoms with van der Waals surface area (Å²) in [6, 6.07) is -0.453. The highest BCUT2D eigenvalue weighted by Gasteiger charge is 2.67. The van der Waals surface area contributed by atoms with E-state index in [4.69, 9.17) is 19.1 Å². The van der Waals surface area contributed by atoms with Crippen molar-refractivity contribution in [2.24, 2.45) is 10.8 Å². The molecule has 0 radical (unpaired) electrons. The quantitative estimate of drug-likeness (QED) is 0.382. The lowest BCUT2D eigenvalue weighted by atomic mass is 9.62. The molecule has 46 heavy (non-hydrogen) atoms. The van der Waals surface area contributed by atoms with Gasteiger partial charge in [0.05, 0.1) is 14.2 Å². The Balaban J connectivity index is 1.40. The largest absolute Gasteiger partial charge is 0.432 e. The zero-order valence-corrected chi connectivity index (χ0v) is 30.3. The monoisotopic (exact) mass is 648 g/mol. The van der Waals surface area contributed by atoms with Crippen molar-refractivity contribution in [2.45, 2.75) is 161 Å². The molecule has 4 saturated heterocycles. The molecule has 4 heterocycles. The van der Waals surface area contributed by atoms with Gasteiger partial charge in [0.2, 0.25) is 0 Å². The second-order valence-electron chi connectivity index (χ2n) is 18.4. The molecule has 4 aliphatic heterocycles. The van der Waals surface area contributed by atoms with Crippen LogP contribution in [0.5, 0.6) is 0 Å². The fourth-order valence-electron chi connectivity index (χ4n) is 11.2. The van der Waals surface area contributed by atoms with Crippen LogP contribution in [-0.4, -0.2) is 104 Å². The fourth-order valence-corrected chi connectivity index (χ4v) is 11.2. The minimum atomic E-state index is -1.30. The number of hydrogen-bond acceptors (Lipinski definition) is 10. The van der Waals surface area contributed by atoms with Gasteiger partial charge in [-0.15, -0.1) is 0 Å².